The molecule has 1 heterocycles. The molecule has 154 valence electrons. The number of hydrogen-bond acceptors (Lipinski definition) is 6. The average molecular weight is 406 g/mol. The van der Waals surface area contributed by atoms with Crippen LogP contribution in [0.25, 0.3) is 10.8 Å². The molecule has 0 saturated heterocycles. The Hall–Kier alpha value is -3.68. The monoisotopic (exact) mass is 406 g/mol. The van der Waals surface area contributed by atoms with Gasteiger partial charge in [-0.15, -0.1) is 0 Å². The van der Waals surface area contributed by atoms with Crippen LogP contribution >= 0.6 is 0 Å². The number of nitro groups is 1. The molecular weight excluding hydrogens is 384 g/mol. The Labute approximate surface area is 173 Å². The van der Waals surface area contributed by atoms with Gasteiger partial charge in [0.15, 0.2) is 6.61 Å². The van der Waals surface area contributed by atoms with E-state index < -0.39 is 4.92 Å². The maximum atomic E-state index is 11.7. The van der Waals surface area contributed by atoms with Gasteiger partial charge in [0, 0.05) is 41.6 Å². The molecule has 1 aromatic heterocycles. The van der Waals surface area contributed by atoms with E-state index >= 15 is 0 Å². The minimum absolute atomic E-state index is 0.00642. The Balaban J connectivity index is 1.43. The Bertz CT molecular complexity index is 1080. The number of nitrogens with zero attached hydrogens (tertiary/aromatic N) is 2. The van der Waals surface area contributed by atoms with Gasteiger partial charge in [-0.1, -0.05) is 12.1 Å². The van der Waals surface area contributed by atoms with Gasteiger partial charge in [-0.05, 0) is 49.6 Å². The van der Waals surface area contributed by atoms with Crippen molar-refractivity contribution >= 4 is 28.1 Å². The molecule has 8 heteroatoms. The van der Waals surface area contributed by atoms with E-state index in [2.05, 4.69) is 15.6 Å². The number of nitro benzene ring substituents is 1. The van der Waals surface area contributed by atoms with Crippen LogP contribution in [0.1, 0.15) is 31.4 Å². The summed E-state index contributed by atoms with van der Waals surface area (Å²) in [7, 11) is 0. The maximum Gasteiger partial charge on any atom is 0.278 e. The molecule has 30 heavy (non-hydrogen) atoms. The van der Waals surface area contributed by atoms with Crippen molar-refractivity contribution in [1.29, 1.82) is 0 Å². The molecule has 1 saturated carbocycles. The lowest BCUT2D eigenvalue weighted by atomic mass is 10.1. The third-order valence-corrected chi connectivity index (χ3v) is 5.06. The van der Waals surface area contributed by atoms with Crippen molar-refractivity contribution in [2.75, 3.05) is 11.9 Å². The molecule has 0 spiro atoms. The molecule has 2 N–H and O–H groups in total. The number of amides is 1. The van der Waals surface area contributed by atoms with E-state index in [1.165, 1.54) is 12.3 Å². The van der Waals surface area contributed by atoms with Crippen molar-refractivity contribution in [3.63, 3.8) is 0 Å². The number of ether oxygens (including phenoxy) is 1. The predicted octanol–water partition coefficient (Wildman–Crippen LogP) is 3.97. The predicted molar refractivity (Wildman–Crippen MR) is 114 cm³/mol. The van der Waals surface area contributed by atoms with E-state index in [0.29, 0.717) is 17.2 Å². The summed E-state index contributed by atoms with van der Waals surface area (Å²) in [5.74, 6) is 0.528. The number of fused-ring (bicyclic) bond motifs is 1. The first-order valence-corrected chi connectivity index (χ1v) is 9.81. The standard InChI is InChI=1S/C22H22N4O4/c1-14(15-2-6-17(7-3-15)30-13-22(27)25-16-4-5-16)24-20-8-9-21(26(28)29)19-12-23-11-10-18(19)20/h2-3,6-12,14,16,24H,4-5,13H2,1H3,(H,25,27). The van der Waals surface area contributed by atoms with Crippen LogP contribution < -0.4 is 15.4 Å². The highest BCUT2D eigenvalue weighted by Gasteiger charge is 2.23. The number of non-ortho nitro benzene ring substituents is 1. The molecule has 0 radical (unpaired) electrons. The number of carbonyl (C=O) groups is 1. The number of rotatable bonds is 8. The zero-order valence-corrected chi connectivity index (χ0v) is 16.5. The third kappa shape index (κ3) is 4.48. The normalized spacial score (nSPS) is 14.2. The summed E-state index contributed by atoms with van der Waals surface area (Å²) in [6.07, 6.45) is 5.22. The molecule has 8 nitrogen and oxygen atoms in total. The summed E-state index contributed by atoms with van der Waals surface area (Å²) in [6.45, 7) is 2.01. The summed E-state index contributed by atoms with van der Waals surface area (Å²) in [4.78, 5) is 26.6. The summed E-state index contributed by atoms with van der Waals surface area (Å²) < 4.78 is 5.54. The second-order valence-electron chi connectivity index (χ2n) is 7.38. The van der Waals surface area contributed by atoms with Gasteiger partial charge in [0.25, 0.3) is 11.6 Å². The largest absolute Gasteiger partial charge is 0.484 e. The van der Waals surface area contributed by atoms with Gasteiger partial charge in [0.05, 0.1) is 10.3 Å². The fraction of sp³-hybridized carbons (Fsp3) is 0.273. The van der Waals surface area contributed by atoms with Crippen molar-refractivity contribution in [3.05, 3.63) is 70.5 Å². The van der Waals surface area contributed by atoms with Gasteiger partial charge >= 0.3 is 0 Å². The van der Waals surface area contributed by atoms with Gasteiger partial charge in [0.2, 0.25) is 0 Å². The van der Waals surface area contributed by atoms with E-state index in [0.717, 1.165) is 29.5 Å². The average Bonchev–Trinajstić information content (AvgIpc) is 3.56. The molecular formula is C22H22N4O4. The second-order valence-corrected chi connectivity index (χ2v) is 7.38. The first kappa shape index (κ1) is 19.6. The highest BCUT2D eigenvalue weighted by atomic mass is 16.6. The number of hydrogen-bond donors (Lipinski definition) is 2. The lowest BCUT2D eigenvalue weighted by molar-refractivity contribution is -0.383. The highest BCUT2D eigenvalue weighted by Crippen LogP contribution is 2.32. The van der Waals surface area contributed by atoms with Gasteiger partial charge in [0.1, 0.15) is 5.75 Å². The van der Waals surface area contributed by atoms with Crippen LogP contribution in [0.4, 0.5) is 11.4 Å². The van der Waals surface area contributed by atoms with E-state index in [9.17, 15) is 14.9 Å². The van der Waals surface area contributed by atoms with Crippen molar-refractivity contribution in [2.45, 2.75) is 31.8 Å². The van der Waals surface area contributed by atoms with Crippen LogP contribution in [0.5, 0.6) is 5.75 Å². The molecule has 1 unspecified atom stereocenters. The van der Waals surface area contributed by atoms with Crippen molar-refractivity contribution in [1.82, 2.24) is 10.3 Å². The van der Waals surface area contributed by atoms with Gasteiger partial charge in [-0.25, -0.2) is 0 Å². The number of nitrogens with one attached hydrogen (secondary N) is 2. The van der Waals surface area contributed by atoms with Crippen molar-refractivity contribution in [2.24, 2.45) is 0 Å². The number of aromatic nitrogens is 1. The molecule has 1 atom stereocenters. The SMILES string of the molecule is CC(Nc1ccc([N+](=O)[O-])c2cnccc12)c1ccc(OCC(=O)NC2CC2)cc1. The topological polar surface area (TPSA) is 106 Å². The molecule has 0 aliphatic heterocycles. The maximum absolute atomic E-state index is 11.7. The van der Waals surface area contributed by atoms with Crippen LogP contribution in [-0.4, -0.2) is 28.5 Å². The van der Waals surface area contributed by atoms with Crippen LogP contribution in [0, 0.1) is 10.1 Å². The van der Waals surface area contributed by atoms with E-state index in [1.807, 2.05) is 31.2 Å². The minimum Gasteiger partial charge on any atom is -0.484 e. The van der Waals surface area contributed by atoms with Crippen LogP contribution in [0.3, 0.4) is 0 Å². The second kappa shape index (κ2) is 8.36. The van der Waals surface area contributed by atoms with Crippen LogP contribution in [0.2, 0.25) is 0 Å². The fourth-order valence-corrected chi connectivity index (χ4v) is 3.28. The molecule has 1 amide bonds. The van der Waals surface area contributed by atoms with E-state index in [1.54, 1.807) is 18.3 Å². The first-order valence-electron chi connectivity index (χ1n) is 9.81. The quantitative estimate of drug-likeness (QED) is 0.433. The van der Waals surface area contributed by atoms with E-state index in [-0.39, 0.29) is 24.2 Å². The van der Waals surface area contributed by atoms with Crippen LogP contribution in [-0.2, 0) is 4.79 Å². The number of pyridine rings is 1. The van der Waals surface area contributed by atoms with Crippen molar-refractivity contribution < 1.29 is 14.5 Å². The smallest absolute Gasteiger partial charge is 0.278 e. The molecule has 4 rings (SSSR count). The number of benzene rings is 2. The Morgan fingerprint density at radius 3 is 2.67 bits per heavy atom. The van der Waals surface area contributed by atoms with Crippen molar-refractivity contribution in [3.8, 4) is 5.75 Å². The highest BCUT2D eigenvalue weighted by molar-refractivity contribution is 5.99. The minimum atomic E-state index is -0.402. The summed E-state index contributed by atoms with van der Waals surface area (Å²) in [5.41, 5.74) is 1.84. The molecule has 1 aliphatic carbocycles. The zero-order chi connectivity index (χ0) is 21.1. The molecule has 0 bridgehead atoms. The van der Waals surface area contributed by atoms with Crippen LogP contribution in [0.15, 0.2) is 54.9 Å². The summed E-state index contributed by atoms with van der Waals surface area (Å²) in [6, 6.07) is 12.8. The van der Waals surface area contributed by atoms with Gasteiger partial charge in [-0.2, -0.15) is 0 Å². The van der Waals surface area contributed by atoms with Gasteiger partial charge in [-0.3, -0.25) is 19.9 Å². The lowest BCUT2D eigenvalue weighted by Gasteiger charge is -2.18. The summed E-state index contributed by atoms with van der Waals surface area (Å²) >= 11 is 0. The third-order valence-electron chi connectivity index (χ3n) is 5.06. The molecule has 1 fully saturated rings. The molecule has 2 aromatic carbocycles. The lowest BCUT2D eigenvalue weighted by Crippen LogP contribution is -2.30. The molecule has 3 aromatic rings. The summed E-state index contributed by atoms with van der Waals surface area (Å²) in [5, 5.41) is 18.8. The van der Waals surface area contributed by atoms with Gasteiger partial charge < -0.3 is 15.4 Å². The number of anilines is 1. The Morgan fingerprint density at radius 1 is 1.20 bits per heavy atom. The molecule has 1 aliphatic rings. The Morgan fingerprint density at radius 2 is 1.97 bits per heavy atom. The first-order chi connectivity index (χ1) is 14.5. The van der Waals surface area contributed by atoms with E-state index in [4.69, 9.17) is 4.74 Å². The zero-order valence-electron chi connectivity index (χ0n) is 16.5. The Kier molecular flexibility index (Phi) is 5.47. The fourth-order valence-electron chi connectivity index (χ4n) is 3.28. The number of carbonyl (C=O) groups excluding carboxylic acids is 1.